The van der Waals surface area contributed by atoms with Gasteiger partial charge in [-0.15, -0.1) is 0 Å². The van der Waals surface area contributed by atoms with E-state index < -0.39 is 0 Å². The van der Waals surface area contributed by atoms with Gasteiger partial charge >= 0.3 is 0 Å². The SMILES string of the molecule is CCSCC.Oc1ccc(Oc2ccccc2)cc1. The number of phenols is 1. The molecule has 0 spiro atoms. The predicted octanol–water partition coefficient (Wildman–Crippen LogP) is 4.94. The molecule has 2 aromatic carbocycles. The van der Waals surface area contributed by atoms with Crippen LogP contribution in [0.25, 0.3) is 0 Å². The summed E-state index contributed by atoms with van der Waals surface area (Å²) >= 11 is 1.96. The third-order valence-electron chi connectivity index (χ3n) is 2.22. The van der Waals surface area contributed by atoms with Crippen molar-refractivity contribution in [3.8, 4) is 17.2 Å². The molecular weight excluding hydrogens is 256 g/mol. The minimum atomic E-state index is 0.241. The van der Waals surface area contributed by atoms with Crippen LogP contribution < -0.4 is 4.74 Å². The lowest BCUT2D eigenvalue weighted by Crippen LogP contribution is -1.81. The van der Waals surface area contributed by atoms with Gasteiger partial charge in [0.05, 0.1) is 0 Å². The molecule has 2 aromatic rings. The summed E-state index contributed by atoms with van der Waals surface area (Å²) in [5, 5.41) is 9.07. The number of phenolic OH excluding ortho intramolecular Hbond substituents is 1. The van der Waals surface area contributed by atoms with Crippen LogP contribution in [-0.2, 0) is 0 Å². The van der Waals surface area contributed by atoms with Crippen molar-refractivity contribution in [2.24, 2.45) is 0 Å². The first-order valence-electron chi connectivity index (χ1n) is 6.36. The average Bonchev–Trinajstić information content (AvgIpc) is 2.44. The van der Waals surface area contributed by atoms with Gasteiger partial charge < -0.3 is 9.84 Å². The largest absolute Gasteiger partial charge is 0.508 e. The smallest absolute Gasteiger partial charge is 0.127 e. The van der Waals surface area contributed by atoms with Crippen LogP contribution in [0.4, 0.5) is 0 Å². The first-order chi connectivity index (χ1) is 9.26. The van der Waals surface area contributed by atoms with Crippen molar-refractivity contribution in [1.29, 1.82) is 0 Å². The molecule has 0 aliphatic carbocycles. The van der Waals surface area contributed by atoms with E-state index in [1.807, 2.05) is 42.1 Å². The van der Waals surface area contributed by atoms with Gasteiger partial charge in [-0.3, -0.25) is 0 Å². The highest BCUT2D eigenvalue weighted by Crippen LogP contribution is 2.22. The van der Waals surface area contributed by atoms with E-state index in [0.717, 1.165) is 5.75 Å². The van der Waals surface area contributed by atoms with Gasteiger partial charge in [0.1, 0.15) is 17.2 Å². The van der Waals surface area contributed by atoms with Gasteiger partial charge in [0, 0.05) is 0 Å². The summed E-state index contributed by atoms with van der Waals surface area (Å²) in [5.41, 5.74) is 0. The number of hydrogen-bond donors (Lipinski definition) is 1. The number of benzene rings is 2. The zero-order valence-corrected chi connectivity index (χ0v) is 12.2. The van der Waals surface area contributed by atoms with Gasteiger partial charge in [0.2, 0.25) is 0 Å². The number of ether oxygens (including phenoxy) is 1. The maximum Gasteiger partial charge on any atom is 0.127 e. The Morgan fingerprint density at radius 1 is 0.842 bits per heavy atom. The molecule has 2 rings (SSSR count). The van der Waals surface area contributed by atoms with Gasteiger partial charge in [0.15, 0.2) is 0 Å². The molecule has 0 fully saturated rings. The summed E-state index contributed by atoms with van der Waals surface area (Å²) in [4.78, 5) is 0. The number of rotatable bonds is 4. The number of thioether (sulfide) groups is 1. The lowest BCUT2D eigenvalue weighted by molar-refractivity contribution is 0.464. The molecule has 0 amide bonds. The molecule has 0 radical (unpaired) electrons. The van der Waals surface area contributed by atoms with E-state index in [2.05, 4.69) is 13.8 Å². The number of aromatic hydroxyl groups is 1. The average molecular weight is 276 g/mol. The van der Waals surface area contributed by atoms with Gasteiger partial charge in [-0.25, -0.2) is 0 Å². The first kappa shape index (κ1) is 15.4. The van der Waals surface area contributed by atoms with E-state index in [9.17, 15) is 0 Å². The Morgan fingerprint density at radius 2 is 1.37 bits per heavy atom. The van der Waals surface area contributed by atoms with Gasteiger partial charge in [-0.1, -0.05) is 32.0 Å². The standard InChI is InChI=1S/C12H10O2.C4H10S/c13-10-6-8-12(9-7-10)14-11-4-2-1-3-5-11;1-3-5-4-2/h1-9,13H;3-4H2,1-2H3. The summed E-state index contributed by atoms with van der Waals surface area (Å²) in [6.07, 6.45) is 0. The molecule has 0 aliphatic heterocycles. The molecule has 0 bridgehead atoms. The zero-order chi connectivity index (χ0) is 13.9. The molecule has 0 atom stereocenters. The summed E-state index contributed by atoms with van der Waals surface area (Å²) in [6, 6.07) is 16.2. The van der Waals surface area contributed by atoms with Crippen molar-refractivity contribution in [1.82, 2.24) is 0 Å². The number of para-hydroxylation sites is 1. The Morgan fingerprint density at radius 3 is 1.84 bits per heavy atom. The van der Waals surface area contributed by atoms with Crippen molar-refractivity contribution < 1.29 is 9.84 Å². The van der Waals surface area contributed by atoms with E-state index >= 15 is 0 Å². The molecule has 1 N–H and O–H groups in total. The fourth-order valence-electron chi connectivity index (χ4n) is 1.34. The normalized spacial score (nSPS) is 9.37. The topological polar surface area (TPSA) is 29.5 Å². The fraction of sp³-hybridized carbons (Fsp3) is 0.250. The molecule has 3 heteroatoms. The molecule has 0 aromatic heterocycles. The third-order valence-corrected chi connectivity index (χ3v) is 3.04. The maximum absolute atomic E-state index is 9.07. The van der Waals surface area contributed by atoms with Crippen molar-refractivity contribution in [3.63, 3.8) is 0 Å². The molecule has 19 heavy (non-hydrogen) atoms. The lowest BCUT2D eigenvalue weighted by atomic mass is 10.3. The van der Waals surface area contributed by atoms with E-state index in [1.165, 1.54) is 11.5 Å². The highest BCUT2D eigenvalue weighted by Gasteiger charge is 1.95. The molecular formula is C16H20O2S. The second-order valence-corrected chi connectivity index (χ2v) is 5.25. The summed E-state index contributed by atoms with van der Waals surface area (Å²) < 4.78 is 5.52. The van der Waals surface area contributed by atoms with Crippen LogP contribution in [0.2, 0.25) is 0 Å². The van der Waals surface area contributed by atoms with Crippen LogP contribution in [-0.4, -0.2) is 16.6 Å². The quantitative estimate of drug-likeness (QED) is 0.857. The number of hydrogen-bond acceptors (Lipinski definition) is 3. The first-order valence-corrected chi connectivity index (χ1v) is 7.51. The van der Waals surface area contributed by atoms with E-state index in [0.29, 0.717) is 5.75 Å². The lowest BCUT2D eigenvalue weighted by Gasteiger charge is -2.04. The Balaban J connectivity index is 0.000000312. The predicted molar refractivity (Wildman–Crippen MR) is 83.3 cm³/mol. The van der Waals surface area contributed by atoms with Gasteiger partial charge in [-0.05, 0) is 47.9 Å². The molecule has 0 saturated heterocycles. The summed E-state index contributed by atoms with van der Waals surface area (Å²) in [7, 11) is 0. The highest BCUT2D eigenvalue weighted by atomic mass is 32.2. The molecule has 0 unspecified atom stereocenters. The molecule has 102 valence electrons. The van der Waals surface area contributed by atoms with Crippen LogP contribution in [0, 0.1) is 0 Å². The summed E-state index contributed by atoms with van der Waals surface area (Å²) in [5.74, 6) is 4.27. The van der Waals surface area contributed by atoms with E-state index in [4.69, 9.17) is 9.84 Å². The van der Waals surface area contributed by atoms with Crippen molar-refractivity contribution in [2.45, 2.75) is 13.8 Å². The minimum absolute atomic E-state index is 0.241. The molecule has 0 heterocycles. The third kappa shape index (κ3) is 6.77. The highest BCUT2D eigenvalue weighted by molar-refractivity contribution is 7.99. The molecule has 0 saturated carbocycles. The van der Waals surface area contributed by atoms with Gasteiger partial charge in [-0.2, -0.15) is 11.8 Å². The van der Waals surface area contributed by atoms with Crippen LogP contribution >= 0.6 is 11.8 Å². The van der Waals surface area contributed by atoms with Crippen LogP contribution in [0.15, 0.2) is 54.6 Å². The van der Waals surface area contributed by atoms with Crippen LogP contribution in [0.5, 0.6) is 17.2 Å². The Labute approximate surface area is 119 Å². The van der Waals surface area contributed by atoms with E-state index in [-0.39, 0.29) is 5.75 Å². The van der Waals surface area contributed by atoms with Crippen molar-refractivity contribution in [2.75, 3.05) is 11.5 Å². The van der Waals surface area contributed by atoms with Crippen LogP contribution in [0.3, 0.4) is 0 Å². The Hall–Kier alpha value is -1.61. The molecule has 0 aliphatic rings. The Bertz CT molecular complexity index is 438. The maximum atomic E-state index is 9.07. The summed E-state index contributed by atoms with van der Waals surface area (Å²) in [6.45, 7) is 4.35. The second kappa shape index (κ2) is 9.34. The van der Waals surface area contributed by atoms with Crippen molar-refractivity contribution >= 4 is 11.8 Å². The van der Waals surface area contributed by atoms with Gasteiger partial charge in [0.25, 0.3) is 0 Å². The minimum Gasteiger partial charge on any atom is -0.508 e. The second-order valence-electron chi connectivity index (χ2n) is 3.69. The Kier molecular flexibility index (Phi) is 7.59. The monoisotopic (exact) mass is 276 g/mol. The van der Waals surface area contributed by atoms with Crippen LogP contribution in [0.1, 0.15) is 13.8 Å². The zero-order valence-electron chi connectivity index (χ0n) is 11.4. The van der Waals surface area contributed by atoms with E-state index in [1.54, 1.807) is 24.3 Å². The van der Waals surface area contributed by atoms with Crippen molar-refractivity contribution in [3.05, 3.63) is 54.6 Å². The molecule has 2 nitrogen and oxygen atoms in total. The fourth-order valence-corrected chi connectivity index (χ4v) is 1.75.